The summed E-state index contributed by atoms with van der Waals surface area (Å²) in [6.07, 6.45) is 12.0. The Kier molecular flexibility index (Phi) is 4.75. The SMILES string of the molecule is C=CCB1C=CC=C(CC=C)N1CC=C. The standard InChI is InChI=1S/C13H18BN/c1-4-8-13-9-7-11-14(10-5-2)15(13)12-6-3/h4-7,9,11H,1-3,8,10,12H2. The molecule has 0 amide bonds. The van der Waals surface area contributed by atoms with E-state index in [1.54, 1.807) is 0 Å². The lowest BCUT2D eigenvalue weighted by Crippen LogP contribution is -2.38. The van der Waals surface area contributed by atoms with Crippen molar-refractivity contribution < 1.29 is 0 Å². The van der Waals surface area contributed by atoms with Crippen LogP contribution in [-0.4, -0.2) is 18.2 Å². The Morgan fingerprint density at radius 3 is 2.60 bits per heavy atom. The Labute approximate surface area is 93.3 Å². The third-order valence-electron chi connectivity index (χ3n) is 2.48. The van der Waals surface area contributed by atoms with Gasteiger partial charge in [-0.25, -0.2) is 0 Å². The van der Waals surface area contributed by atoms with Crippen molar-refractivity contribution in [3.8, 4) is 0 Å². The zero-order valence-electron chi connectivity index (χ0n) is 9.23. The molecule has 78 valence electrons. The summed E-state index contributed by atoms with van der Waals surface area (Å²) in [5.74, 6) is 2.21. The second kappa shape index (κ2) is 6.12. The summed E-state index contributed by atoms with van der Waals surface area (Å²) in [6, 6.07) is 0. The predicted octanol–water partition coefficient (Wildman–Crippen LogP) is 3.22. The third kappa shape index (κ3) is 3.02. The fourth-order valence-electron chi connectivity index (χ4n) is 1.81. The number of rotatable bonds is 6. The Morgan fingerprint density at radius 2 is 2.00 bits per heavy atom. The molecular formula is C13H18BN. The summed E-state index contributed by atoms with van der Waals surface area (Å²) in [5, 5.41) is 0. The van der Waals surface area contributed by atoms with Crippen LogP contribution in [-0.2, 0) is 0 Å². The molecule has 1 rings (SSSR count). The van der Waals surface area contributed by atoms with E-state index in [1.165, 1.54) is 5.70 Å². The van der Waals surface area contributed by atoms with E-state index in [4.69, 9.17) is 0 Å². The van der Waals surface area contributed by atoms with Gasteiger partial charge in [-0.15, -0.1) is 19.7 Å². The molecule has 15 heavy (non-hydrogen) atoms. The minimum absolute atomic E-state index is 0.417. The van der Waals surface area contributed by atoms with Gasteiger partial charge in [0.2, 0.25) is 0 Å². The van der Waals surface area contributed by atoms with Crippen molar-refractivity contribution in [2.75, 3.05) is 6.54 Å². The van der Waals surface area contributed by atoms with Crippen molar-refractivity contribution >= 4 is 6.85 Å². The van der Waals surface area contributed by atoms with Crippen molar-refractivity contribution in [2.45, 2.75) is 12.7 Å². The van der Waals surface area contributed by atoms with E-state index >= 15 is 0 Å². The summed E-state index contributed by atoms with van der Waals surface area (Å²) >= 11 is 0. The molecule has 0 aromatic carbocycles. The third-order valence-corrected chi connectivity index (χ3v) is 2.48. The summed E-state index contributed by atoms with van der Waals surface area (Å²) in [7, 11) is 0. The topological polar surface area (TPSA) is 3.24 Å². The first-order valence-corrected chi connectivity index (χ1v) is 5.30. The molecule has 0 aromatic rings. The molecule has 0 aliphatic carbocycles. The van der Waals surface area contributed by atoms with Gasteiger partial charge in [-0.05, 0) is 12.4 Å². The largest absolute Gasteiger partial charge is 0.410 e. The first-order valence-electron chi connectivity index (χ1n) is 5.30. The molecule has 1 aliphatic heterocycles. The Bertz CT molecular complexity index is 302. The maximum atomic E-state index is 3.80. The van der Waals surface area contributed by atoms with Crippen molar-refractivity contribution in [3.05, 3.63) is 61.8 Å². The molecule has 0 unspecified atom stereocenters. The summed E-state index contributed by atoms with van der Waals surface area (Å²) in [6.45, 7) is 12.7. The van der Waals surface area contributed by atoms with Gasteiger partial charge in [0.25, 0.3) is 6.85 Å². The maximum Gasteiger partial charge on any atom is 0.285 e. The molecule has 0 saturated heterocycles. The van der Waals surface area contributed by atoms with Crippen molar-refractivity contribution in [2.24, 2.45) is 0 Å². The van der Waals surface area contributed by atoms with Crippen molar-refractivity contribution in [3.63, 3.8) is 0 Å². The number of hydrogen-bond acceptors (Lipinski definition) is 1. The smallest absolute Gasteiger partial charge is 0.285 e. The molecule has 1 nitrogen and oxygen atoms in total. The normalized spacial score (nSPS) is 14.8. The molecule has 0 aromatic heterocycles. The van der Waals surface area contributed by atoms with Crippen LogP contribution in [0.15, 0.2) is 61.8 Å². The fourth-order valence-corrected chi connectivity index (χ4v) is 1.81. The number of nitrogens with zero attached hydrogens (tertiary/aromatic N) is 1. The Balaban J connectivity index is 2.80. The molecule has 0 fully saturated rings. The summed E-state index contributed by atoms with van der Waals surface area (Å²) in [4.78, 5) is 2.34. The van der Waals surface area contributed by atoms with Crippen LogP contribution >= 0.6 is 0 Å². The van der Waals surface area contributed by atoms with Crippen LogP contribution in [0.1, 0.15) is 6.42 Å². The van der Waals surface area contributed by atoms with Crippen LogP contribution in [0.2, 0.25) is 6.32 Å². The molecule has 0 spiro atoms. The van der Waals surface area contributed by atoms with Crippen LogP contribution < -0.4 is 0 Å². The van der Waals surface area contributed by atoms with Gasteiger partial charge in [-0.2, -0.15) is 0 Å². The van der Waals surface area contributed by atoms with E-state index in [0.717, 1.165) is 19.3 Å². The quantitative estimate of drug-likeness (QED) is 0.469. The van der Waals surface area contributed by atoms with Gasteiger partial charge in [-0.3, -0.25) is 0 Å². The van der Waals surface area contributed by atoms with Gasteiger partial charge in [0, 0.05) is 18.7 Å². The van der Waals surface area contributed by atoms with E-state index in [-0.39, 0.29) is 0 Å². The van der Waals surface area contributed by atoms with E-state index in [9.17, 15) is 0 Å². The highest BCUT2D eigenvalue weighted by molar-refractivity contribution is 6.62. The Morgan fingerprint density at radius 1 is 1.20 bits per heavy atom. The van der Waals surface area contributed by atoms with Crippen LogP contribution in [0.5, 0.6) is 0 Å². The monoisotopic (exact) mass is 199 g/mol. The predicted molar refractivity (Wildman–Crippen MR) is 69.7 cm³/mol. The van der Waals surface area contributed by atoms with Crippen LogP contribution in [0.4, 0.5) is 0 Å². The molecule has 0 bridgehead atoms. The average Bonchev–Trinajstić information content (AvgIpc) is 2.23. The molecule has 0 atom stereocenters. The molecule has 1 heterocycles. The van der Waals surface area contributed by atoms with E-state index < -0.39 is 0 Å². The van der Waals surface area contributed by atoms with Gasteiger partial charge in [0.05, 0.1) is 0 Å². The second-order valence-electron chi connectivity index (χ2n) is 3.57. The first kappa shape index (κ1) is 11.6. The molecule has 0 radical (unpaired) electrons. The van der Waals surface area contributed by atoms with Crippen molar-refractivity contribution in [1.82, 2.24) is 4.81 Å². The summed E-state index contributed by atoms with van der Waals surface area (Å²) in [5.41, 5.74) is 1.30. The highest BCUT2D eigenvalue weighted by Gasteiger charge is 2.21. The fraction of sp³-hybridized carbons (Fsp3) is 0.231. The van der Waals surface area contributed by atoms with Crippen LogP contribution in [0, 0.1) is 0 Å². The molecule has 1 aliphatic rings. The molecule has 0 saturated carbocycles. The van der Waals surface area contributed by atoms with Gasteiger partial charge in [0.1, 0.15) is 0 Å². The van der Waals surface area contributed by atoms with Crippen molar-refractivity contribution in [1.29, 1.82) is 0 Å². The van der Waals surface area contributed by atoms with Crippen LogP contribution in [0.25, 0.3) is 0 Å². The second-order valence-corrected chi connectivity index (χ2v) is 3.57. The lowest BCUT2D eigenvalue weighted by Gasteiger charge is -2.32. The lowest BCUT2D eigenvalue weighted by atomic mass is 9.55. The molecular weight excluding hydrogens is 181 g/mol. The summed E-state index contributed by atoms with van der Waals surface area (Å²) < 4.78 is 0. The average molecular weight is 199 g/mol. The molecule has 2 heteroatoms. The highest BCUT2D eigenvalue weighted by atomic mass is 15.1. The first-order chi connectivity index (χ1) is 7.33. The van der Waals surface area contributed by atoms with Gasteiger partial charge >= 0.3 is 0 Å². The molecule has 0 N–H and O–H groups in total. The van der Waals surface area contributed by atoms with Gasteiger partial charge in [-0.1, -0.05) is 30.3 Å². The van der Waals surface area contributed by atoms with Crippen LogP contribution in [0.3, 0.4) is 0 Å². The maximum absolute atomic E-state index is 3.80. The minimum Gasteiger partial charge on any atom is -0.410 e. The van der Waals surface area contributed by atoms with E-state index in [2.05, 4.69) is 42.7 Å². The van der Waals surface area contributed by atoms with E-state index in [0.29, 0.717) is 6.85 Å². The zero-order chi connectivity index (χ0) is 11.1. The van der Waals surface area contributed by atoms with Gasteiger partial charge < -0.3 is 4.81 Å². The number of allylic oxidation sites excluding steroid dienone is 4. The zero-order valence-corrected chi connectivity index (χ0v) is 9.23. The highest BCUT2D eigenvalue weighted by Crippen LogP contribution is 2.19. The Hall–Kier alpha value is -1.44. The minimum atomic E-state index is 0.417. The van der Waals surface area contributed by atoms with Gasteiger partial charge in [0.15, 0.2) is 0 Å². The number of hydrogen-bond donors (Lipinski definition) is 0. The lowest BCUT2D eigenvalue weighted by molar-refractivity contribution is 0.575. The van der Waals surface area contributed by atoms with E-state index in [1.807, 2.05) is 18.2 Å².